The molecule has 0 bridgehead atoms. The van der Waals surface area contributed by atoms with Crippen molar-refractivity contribution in [2.45, 2.75) is 19.5 Å². The molecule has 2 aromatic carbocycles. The van der Waals surface area contributed by atoms with Crippen molar-refractivity contribution in [1.29, 1.82) is 0 Å². The summed E-state index contributed by atoms with van der Waals surface area (Å²) in [5.41, 5.74) is 3.53. The summed E-state index contributed by atoms with van der Waals surface area (Å²) in [4.78, 5) is 4.07. The first-order valence-electron chi connectivity index (χ1n) is 7.71. The molecule has 1 atom stereocenters. The Balaban J connectivity index is 1.65. The average molecular weight is 307 g/mol. The fraction of sp³-hybridized carbons (Fsp3) is 0.211. The molecule has 4 nitrogen and oxygen atoms in total. The normalized spacial score (nSPS) is 12.1. The highest BCUT2D eigenvalue weighted by Gasteiger charge is 2.07. The topological polar surface area (TPSA) is 39.1 Å². The van der Waals surface area contributed by atoms with Crippen LogP contribution in [0.3, 0.4) is 0 Å². The van der Waals surface area contributed by atoms with E-state index in [0.29, 0.717) is 0 Å². The van der Waals surface area contributed by atoms with E-state index in [0.717, 1.165) is 23.5 Å². The highest BCUT2D eigenvalue weighted by atomic mass is 16.5. The van der Waals surface area contributed by atoms with Gasteiger partial charge in [-0.25, -0.2) is 4.98 Å². The highest BCUT2D eigenvalue weighted by molar-refractivity contribution is 5.36. The number of nitrogens with zero attached hydrogens (tertiary/aromatic N) is 2. The van der Waals surface area contributed by atoms with Crippen molar-refractivity contribution in [3.05, 3.63) is 78.4 Å². The number of benzene rings is 2. The maximum absolute atomic E-state index is 5.39. The predicted molar refractivity (Wildman–Crippen MR) is 91.8 cm³/mol. The van der Waals surface area contributed by atoms with Gasteiger partial charge in [0.2, 0.25) is 0 Å². The molecule has 0 amide bonds. The lowest BCUT2D eigenvalue weighted by atomic mass is 10.1. The molecule has 1 N–H and O–H groups in total. The van der Waals surface area contributed by atoms with Gasteiger partial charge in [0, 0.05) is 36.2 Å². The first-order chi connectivity index (χ1) is 11.3. The van der Waals surface area contributed by atoms with Gasteiger partial charge >= 0.3 is 0 Å². The summed E-state index contributed by atoms with van der Waals surface area (Å²) >= 11 is 0. The second kappa shape index (κ2) is 7.11. The van der Waals surface area contributed by atoms with Gasteiger partial charge in [-0.15, -0.1) is 0 Å². The Bertz CT molecular complexity index is 736. The fourth-order valence-electron chi connectivity index (χ4n) is 2.58. The minimum absolute atomic E-state index is 0.261. The zero-order chi connectivity index (χ0) is 16.1. The van der Waals surface area contributed by atoms with E-state index in [1.807, 2.05) is 29.0 Å². The zero-order valence-corrected chi connectivity index (χ0v) is 13.4. The predicted octanol–water partition coefficient (Wildman–Crippen LogP) is 3.73. The van der Waals surface area contributed by atoms with Crippen LogP contribution in [0.5, 0.6) is 5.75 Å². The van der Waals surface area contributed by atoms with E-state index in [-0.39, 0.29) is 6.04 Å². The number of rotatable bonds is 6. The molecule has 0 aliphatic heterocycles. The summed E-state index contributed by atoms with van der Waals surface area (Å²) < 4.78 is 7.39. The van der Waals surface area contributed by atoms with E-state index in [9.17, 15) is 0 Å². The molecule has 0 saturated carbocycles. The van der Waals surface area contributed by atoms with Gasteiger partial charge in [-0.1, -0.05) is 30.3 Å². The third-order valence-electron chi connectivity index (χ3n) is 3.99. The van der Waals surface area contributed by atoms with Crippen LogP contribution >= 0.6 is 0 Å². The van der Waals surface area contributed by atoms with E-state index in [1.54, 1.807) is 19.6 Å². The first-order valence-corrected chi connectivity index (χ1v) is 7.71. The van der Waals surface area contributed by atoms with Crippen LogP contribution in [0.25, 0.3) is 5.69 Å². The van der Waals surface area contributed by atoms with Gasteiger partial charge in [-0.05, 0) is 30.7 Å². The highest BCUT2D eigenvalue weighted by Crippen LogP contribution is 2.20. The Labute approximate surface area is 136 Å². The fourth-order valence-corrected chi connectivity index (χ4v) is 2.58. The monoisotopic (exact) mass is 307 g/mol. The molecular weight excluding hydrogens is 286 g/mol. The molecule has 0 saturated heterocycles. The number of imidazole rings is 1. The SMILES string of the molecule is COc1ccccc1CN[C@@H](C)c1ccc(-n2ccnc2)cc1. The minimum Gasteiger partial charge on any atom is -0.496 e. The standard InChI is InChI=1S/C19H21N3O/c1-15(21-13-17-5-3-4-6-19(17)23-2)16-7-9-18(10-8-16)22-12-11-20-14-22/h3-12,14-15,21H,13H2,1-2H3/t15-/m0/s1. The maximum atomic E-state index is 5.39. The molecule has 0 aliphatic carbocycles. The minimum atomic E-state index is 0.261. The zero-order valence-electron chi connectivity index (χ0n) is 13.4. The molecule has 1 aromatic heterocycles. The smallest absolute Gasteiger partial charge is 0.123 e. The molecule has 0 fully saturated rings. The molecule has 0 aliphatic rings. The lowest BCUT2D eigenvalue weighted by molar-refractivity contribution is 0.406. The van der Waals surface area contributed by atoms with E-state index < -0.39 is 0 Å². The van der Waals surface area contributed by atoms with E-state index in [1.165, 1.54) is 5.56 Å². The molecule has 3 rings (SSSR count). The van der Waals surface area contributed by atoms with Crippen LogP contribution in [-0.4, -0.2) is 16.7 Å². The van der Waals surface area contributed by atoms with Crippen LogP contribution in [0, 0.1) is 0 Å². The van der Waals surface area contributed by atoms with Crippen LogP contribution in [0.2, 0.25) is 0 Å². The summed E-state index contributed by atoms with van der Waals surface area (Å²) in [5.74, 6) is 0.919. The van der Waals surface area contributed by atoms with Crippen LogP contribution in [0.4, 0.5) is 0 Å². The van der Waals surface area contributed by atoms with Crippen molar-refractivity contribution in [3.63, 3.8) is 0 Å². The lowest BCUT2D eigenvalue weighted by Gasteiger charge is -2.16. The van der Waals surface area contributed by atoms with Gasteiger partial charge in [0.15, 0.2) is 0 Å². The summed E-state index contributed by atoms with van der Waals surface area (Å²) in [6.07, 6.45) is 5.53. The first kappa shape index (κ1) is 15.3. The third kappa shape index (κ3) is 3.60. The van der Waals surface area contributed by atoms with E-state index in [2.05, 4.69) is 47.6 Å². The molecule has 0 radical (unpaired) electrons. The van der Waals surface area contributed by atoms with Crippen LogP contribution < -0.4 is 10.1 Å². The summed E-state index contributed by atoms with van der Waals surface area (Å²) in [6.45, 7) is 2.94. The van der Waals surface area contributed by atoms with Crippen molar-refractivity contribution < 1.29 is 4.74 Å². The second-order valence-electron chi connectivity index (χ2n) is 5.48. The Morgan fingerprint density at radius 3 is 2.61 bits per heavy atom. The molecule has 3 aromatic rings. The molecule has 0 unspecified atom stereocenters. The van der Waals surface area contributed by atoms with Gasteiger partial charge < -0.3 is 14.6 Å². The number of nitrogens with one attached hydrogen (secondary N) is 1. The second-order valence-corrected chi connectivity index (χ2v) is 5.48. The van der Waals surface area contributed by atoms with E-state index >= 15 is 0 Å². The van der Waals surface area contributed by atoms with Crippen molar-refractivity contribution in [2.24, 2.45) is 0 Å². The van der Waals surface area contributed by atoms with Crippen molar-refractivity contribution in [2.75, 3.05) is 7.11 Å². The summed E-state index contributed by atoms with van der Waals surface area (Å²) in [5, 5.41) is 3.54. The van der Waals surface area contributed by atoms with Crippen LogP contribution in [0.15, 0.2) is 67.3 Å². The van der Waals surface area contributed by atoms with Crippen LogP contribution in [0.1, 0.15) is 24.1 Å². The molecule has 23 heavy (non-hydrogen) atoms. The van der Waals surface area contributed by atoms with Crippen molar-refractivity contribution in [3.8, 4) is 11.4 Å². The number of methoxy groups -OCH3 is 1. The lowest BCUT2D eigenvalue weighted by Crippen LogP contribution is -2.18. The quantitative estimate of drug-likeness (QED) is 0.754. The molecule has 1 heterocycles. The number of para-hydroxylation sites is 1. The number of aromatic nitrogens is 2. The van der Waals surface area contributed by atoms with Gasteiger partial charge in [0.1, 0.15) is 5.75 Å². The summed E-state index contributed by atoms with van der Waals surface area (Å²) in [6, 6.07) is 16.9. The Kier molecular flexibility index (Phi) is 4.74. The molecule has 4 heteroatoms. The number of hydrogen-bond acceptors (Lipinski definition) is 3. The summed E-state index contributed by atoms with van der Waals surface area (Å²) in [7, 11) is 1.71. The number of hydrogen-bond donors (Lipinski definition) is 1. The van der Waals surface area contributed by atoms with Gasteiger partial charge in [-0.2, -0.15) is 0 Å². The van der Waals surface area contributed by atoms with Crippen molar-refractivity contribution >= 4 is 0 Å². The molecule has 118 valence electrons. The van der Waals surface area contributed by atoms with Gasteiger partial charge in [-0.3, -0.25) is 0 Å². The van der Waals surface area contributed by atoms with Gasteiger partial charge in [0.25, 0.3) is 0 Å². The van der Waals surface area contributed by atoms with Gasteiger partial charge in [0.05, 0.1) is 13.4 Å². The largest absolute Gasteiger partial charge is 0.496 e. The Hall–Kier alpha value is -2.59. The number of ether oxygens (including phenoxy) is 1. The average Bonchev–Trinajstić information content (AvgIpc) is 3.14. The maximum Gasteiger partial charge on any atom is 0.123 e. The van der Waals surface area contributed by atoms with Crippen LogP contribution in [-0.2, 0) is 6.54 Å². The van der Waals surface area contributed by atoms with Crippen molar-refractivity contribution in [1.82, 2.24) is 14.9 Å². The third-order valence-corrected chi connectivity index (χ3v) is 3.99. The Morgan fingerprint density at radius 2 is 1.91 bits per heavy atom. The Morgan fingerprint density at radius 1 is 1.13 bits per heavy atom. The molecule has 0 spiro atoms. The van der Waals surface area contributed by atoms with E-state index in [4.69, 9.17) is 4.74 Å². The molecular formula is C19H21N3O.